The van der Waals surface area contributed by atoms with E-state index in [1.807, 2.05) is 13.0 Å². The molecule has 0 aliphatic carbocycles. The predicted molar refractivity (Wildman–Crippen MR) is 76.9 cm³/mol. The Labute approximate surface area is 117 Å². The van der Waals surface area contributed by atoms with Crippen molar-refractivity contribution in [2.24, 2.45) is 5.92 Å². The zero-order valence-corrected chi connectivity index (χ0v) is 12.2. The number of thioether (sulfide) groups is 1. The molecule has 0 saturated carbocycles. The van der Waals surface area contributed by atoms with Crippen LogP contribution in [-0.4, -0.2) is 17.8 Å². The number of hydrogen-bond donors (Lipinski definition) is 1. The SMILES string of the molecule is CC(C#N)CSc1cccc(C(=O)OC(C)C)c1N. The van der Waals surface area contributed by atoms with E-state index in [0.717, 1.165) is 4.90 Å². The lowest BCUT2D eigenvalue weighted by molar-refractivity contribution is 0.0379. The van der Waals surface area contributed by atoms with Gasteiger partial charge in [0.25, 0.3) is 0 Å². The van der Waals surface area contributed by atoms with E-state index in [2.05, 4.69) is 6.07 Å². The average molecular weight is 278 g/mol. The highest BCUT2D eigenvalue weighted by atomic mass is 32.2. The first-order valence-corrected chi connectivity index (χ1v) is 7.06. The van der Waals surface area contributed by atoms with Crippen LogP contribution >= 0.6 is 11.8 Å². The van der Waals surface area contributed by atoms with Crippen LogP contribution < -0.4 is 5.73 Å². The van der Waals surface area contributed by atoms with Gasteiger partial charge < -0.3 is 10.5 Å². The number of nitrogens with zero attached hydrogens (tertiary/aromatic N) is 1. The average Bonchev–Trinajstić information content (AvgIpc) is 2.36. The molecule has 5 heteroatoms. The van der Waals surface area contributed by atoms with Gasteiger partial charge in [-0.2, -0.15) is 5.26 Å². The van der Waals surface area contributed by atoms with Crippen molar-refractivity contribution < 1.29 is 9.53 Å². The van der Waals surface area contributed by atoms with E-state index in [0.29, 0.717) is 17.0 Å². The maximum atomic E-state index is 11.9. The van der Waals surface area contributed by atoms with E-state index in [4.69, 9.17) is 15.7 Å². The molecule has 0 amide bonds. The third-order valence-electron chi connectivity index (χ3n) is 2.34. The Morgan fingerprint density at radius 1 is 1.47 bits per heavy atom. The van der Waals surface area contributed by atoms with Crippen molar-refractivity contribution in [3.05, 3.63) is 23.8 Å². The number of hydrogen-bond acceptors (Lipinski definition) is 5. The highest BCUT2D eigenvalue weighted by Crippen LogP contribution is 2.29. The van der Waals surface area contributed by atoms with E-state index in [1.165, 1.54) is 11.8 Å². The van der Waals surface area contributed by atoms with Crippen molar-refractivity contribution in [3.63, 3.8) is 0 Å². The van der Waals surface area contributed by atoms with Crippen LogP contribution in [0.15, 0.2) is 23.1 Å². The molecule has 0 saturated heterocycles. The smallest absolute Gasteiger partial charge is 0.340 e. The molecule has 19 heavy (non-hydrogen) atoms. The van der Waals surface area contributed by atoms with Crippen LogP contribution in [0.4, 0.5) is 5.69 Å². The summed E-state index contributed by atoms with van der Waals surface area (Å²) in [4.78, 5) is 12.7. The van der Waals surface area contributed by atoms with Crippen molar-refractivity contribution in [2.45, 2.75) is 31.8 Å². The highest BCUT2D eigenvalue weighted by molar-refractivity contribution is 7.99. The Balaban J connectivity index is 2.86. The minimum Gasteiger partial charge on any atom is -0.459 e. The lowest BCUT2D eigenvalue weighted by atomic mass is 10.2. The quantitative estimate of drug-likeness (QED) is 0.509. The van der Waals surface area contributed by atoms with E-state index < -0.39 is 5.97 Å². The fourth-order valence-corrected chi connectivity index (χ4v) is 2.32. The predicted octanol–water partition coefficient (Wildman–Crippen LogP) is 3.09. The van der Waals surface area contributed by atoms with Crippen LogP contribution in [0.5, 0.6) is 0 Å². The molecule has 0 bridgehead atoms. The van der Waals surface area contributed by atoms with Crippen molar-refractivity contribution >= 4 is 23.4 Å². The van der Waals surface area contributed by atoms with E-state index in [9.17, 15) is 4.79 Å². The molecule has 1 rings (SSSR count). The monoisotopic (exact) mass is 278 g/mol. The first kappa shape index (κ1) is 15.4. The molecule has 0 aromatic heterocycles. The molecule has 0 spiro atoms. The van der Waals surface area contributed by atoms with Crippen LogP contribution in [0.25, 0.3) is 0 Å². The molecule has 1 aromatic carbocycles. The third kappa shape index (κ3) is 4.49. The molecule has 0 fully saturated rings. The number of nitriles is 1. The highest BCUT2D eigenvalue weighted by Gasteiger charge is 2.15. The second-order valence-electron chi connectivity index (χ2n) is 4.51. The number of ether oxygens (including phenoxy) is 1. The molecule has 2 N–H and O–H groups in total. The number of anilines is 1. The topological polar surface area (TPSA) is 76.1 Å². The normalized spacial score (nSPS) is 11.9. The van der Waals surface area contributed by atoms with Gasteiger partial charge in [-0.25, -0.2) is 4.79 Å². The molecule has 1 unspecified atom stereocenters. The van der Waals surface area contributed by atoms with Gasteiger partial charge in [-0.05, 0) is 32.9 Å². The Bertz CT molecular complexity index is 495. The Morgan fingerprint density at radius 3 is 2.74 bits per heavy atom. The molecule has 0 aliphatic heterocycles. The molecular formula is C14H18N2O2S. The molecule has 0 heterocycles. The maximum absolute atomic E-state index is 11.9. The summed E-state index contributed by atoms with van der Waals surface area (Å²) in [6.45, 7) is 5.43. The van der Waals surface area contributed by atoms with Crippen molar-refractivity contribution in [3.8, 4) is 6.07 Å². The molecule has 1 aromatic rings. The Kier molecular flexibility index (Phi) is 5.71. The number of rotatable bonds is 5. The summed E-state index contributed by atoms with van der Waals surface area (Å²) in [7, 11) is 0. The minimum absolute atomic E-state index is 0.0596. The van der Waals surface area contributed by atoms with Gasteiger partial charge in [-0.1, -0.05) is 6.07 Å². The van der Waals surface area contributed by atoms with Crippen LogP contribution in [0.3, 0.4) is 0 Å². The summed E-state index contributed by atoms with van der Waals surface area (Å²) >= 11 is 1.47. The fraction of sp³-hybridized carbons (Fsp3) is 0.429. The van der Waals surface area contributed by atoms with Gasteiger partial charge in [-0.15, -0.1) is 11.8 Å². The summed E-state index contributed by atoms with van der Waals surface area (Å²) in [5, 5.41) is 8.76. The van der Waals surface area contributed by atoms with Gasteiger partial charge in [0, 0.05) is 10.6 Å². The van der Waals surface area contributed by atoms with Crippen molar-refractivity contribution in [2.75, 3.05) is 11.5 Å². The summed E-state index contributed by atoms with van der Waals surface area (Å²) in [6, 6.07) is 7.43. The van der Waals surface area contributed by atoms with Gasteiger partial charge in [-0.3, -0.25) is 0 Å². The van der Waals surface area contributed by atoms with Crippen molar-refractivity contribution in [1.29, 1.82) is 5.26 Å². The second kappa shape index (κ2) is 7.05. The number of nitrogens with two attached hydrogens (primary N) is 1. The molecular weight excluding hydrogens is 260 g/mol. The summed E-state index contributed by atoms with van der Waals surface area (Å²) < 4.78 is 5.14. The van der Waals surface area contributed by atoms with Crippen LogP contribution in [-0.2, 0) is 4.74 Å². The lowest BCUT2D eigenvalue weighted by Gasteiger charge is -2.12. The van der Waals surface area contributed by atoms with Gasteiger partial charge in [0.1, 0.15) is 0 Å². The van der Waals surface area contributed by atoms with Gasteiger partial charge in [0.05, 0.1) is 29.3 Å². The zero-order chi connectivity index (χ0) is 14.4. The van der Waals surface area contributed by atoms with E-state index in [1.54, 1.807) is 26.0 Å². The van der Waals surface area contributed by atoms with Crippen molar-refractivity contribution in [1.82, 2.24) is 0 Å². The molecule has 102 valence electrons. The number of esters is 1. The Hall–Kier alpha value is -1.67. The van der Waals surface area contributed by atoms with E-state index in [-0.39, 0.29) is 12.0 Å². The number of benzene rings is 1. The van der Waals surface area contributed by atoms with Crippen LogP contribution in [0, 0.1) is 17.2 Å². The van der Waals surface area contributed by atoms with Crippen LogP contribution in [0.1, 0.15) is 31.1 Å². The zero-order valence-electron chi connectivity index (χ0n) is 11.3. The third-order valence-corrected chi connectivity index (χ3v) is 3.67. The second-order valence-corrected chi connectivity index (χ2v) is 5.57. The standard InChI is InChI=1S/C14H18N2O2S/c1-9(2)18-14(17)11-5-4-6-12(13(11)16)19-8-10(3)7-15/h4-6,9-10H,8,16H2,1-3H3. The summed E-state index contributed by atoms with van der Waals surface area (Å²) in [6.07, 6.45) is -0.179. The summed E-state index contributed by atoms with van der Waals surface area (Å²) in [5.74, 6) is 0.169. The molecule has 4 nitrogen and oxygen atoms in total. The van der Waals surface area contributed by atoms with Gasteiger partial charge >= 0.3 is 5.97 Å². The number of carbonyl (C=O) groups excluding carboxylic acids is 1. The van der Waals surface area contributed by atoms with Gasteiger partial charge in [0.15, 0.2) is 0 Å². The maximum Gasteiger partial charge on any atom is 0.340 e. The van der Waals surface area contributed by atoms with E-state index >= 15 is 0 Å². The van der Waals surface area contributed by atoms with Crippen LogP contribution in [0.2, 0.25) is 0 Å². The lowest BCUT2D eigenvalue weighted by Crippen LogP contribution is -2.13. The molecule has 0 aliphatic rings. The largest absolute Gasteiger partial charge is 0.459 e. The summed E-state index contributed by atoms with van der Waals surface area (Å²) in [5.41, 5.74) is 6.78. The first-order chi connectivity index (χ1) is 8.95. The minimum atomic E-state index is -0.414. The number of para-hydroxylation sites is 1. The Morgan fingerprint density at radius 2 is 2.16 bits per heavy atom. The van der Waals surface area contributed by atoms with Gasteiger partial charge in [0.2, 0.25) is 0 Å². The fourth-order valence-electron chi connectivity index (χ4n) is 1.38. The molecule has 0 radical (unpaired) electrons. The number of carbonyl (C=O) groups is 1. The molecule has 1 atom stereocenters. The first-order valence-electron chi connectivity index (χ1n) is 6.07. The number of nitrogen functional groups attached to an aromatic ring is 1.